The number of likely N-dealkylation sites (tertiary alicyclic amines) is 1. The fourth-order valence-corrected chi connectivity index (χ4v) is 3.25. The molecule has 2 heterocycles. The molecule has 1 aromatic rings. The van der Waals surface area contributed by atoms with Gasteiger partial charge in [0.25, 0.3) is 0 Å². The number of halogens is 3. The second-order valence-corrected chi connectivity index (χ2v) is 6.07. The summed E-state index contributed by atoms with van der Waals surface area (Å²) in [4.78, 5) is 14.1. The van der Waals surface area contributed by atoms with Crippen LogP contribution >= 0.6 is 0 Å². The van der Waals surface area contributed by atoms with Crippen molar-refractivity contribution in [3.8, 4) is 0 Å². The van der Waals surface area contributed by atoms with E-state index in [1.165, 1.54) is 18.8 Å². The van der Waals surface area contributed by atoms with Crippen LogP contribution < -0.4 is 5.32 Å². The SMILES string of the molecule is O=C(Nc1cnn(CC(F)(F)F)c1)N1CCCC1C1CCC1. The first kappa shape index (κ1) is 15.2. The molecule has 0 bridgehead atoms. The van der Waals surface area contributed by atoms with Gasteiger partial charge >= 0.3 is 12.2 Å². The molecule has 0 aromatic carbocycles. The van der Waals surface area contributed by atoms with Crippen LogP contribution in [-0.2, 0) is 6.54 Å². The number of aromatic nitrogens is 2. The summed E-state index contributed by atoms with van der Waals surface area (Å²) in [5.41, 5.74) is 0.300. The fourth-order valence-electron chi connectivity index (χ4n) is 3.25. The molecule has 1 N–H and O–H groups in total. The zero-order chi connectivity index (χ0) is 15.7. The van der Waals surface area contributed by atoms with Crippen LogP contribution in [0.15, 0.2) is 12.4 Å². The highest BCUT2D eigenvalue weighted by atomic mass is 19.4. The van der Waals surface area contributed by atoms with Gasteiger partial charge in [0, 0.05) is 18.8 Å². The van der Waals surface area contributed by atoms with Crippen molar-refractivity contribution in [2.45, 2.75) is 50.9 Å². The zero-order valence-corrected chi connectivity index (χ0v) is 12.1. The van der Waals surface area contributed by atoms with E-state index < -0.39 is 12.7 Å². The molecule has 1 atom stereocenters. The number of amides is 2. The van der Waals surface area contributed by atoms with E-state index in [-0.39, 0.29) is 12.1 Å². The number of nitrogens with one attached hydrogen (secondary N) is 1. The maximum atomic E-state index is 12.3. The van der Waals surface area contributed by atoms with Gasteiger partial charge in [0.05, 0.1) is 11.9 Å². The third kappa shape index (κ3) is 3.36. The number of rotatable bonds is 3. The lowest BCUT2D eigenvalue weighted by Crippen LogP contribution is -2.44. The van der Waals surface area contributed by atoms with Crippen LogP contribution in [0.4, 0.5) is 23.7 Å². The number of alkyl halides is 3. The Labute approximate surface area is 126 Å². The van der Waals surface area contributed by atoms with E-state index in [2.05, 4.69) is 10.4 Å². The van der Waals surface area contributed by atoms with Gasteiger partial charge in [0.15, 0.2) is 0 Å². The molecule has 2 fully saturated rings. The summed E-state index contributed by atoms with van der Waals surface area (Å²) >= 11 is 0. The van der Waals surface area contributed by atoms with Gasteiger partial charge in [-0.3, -0.25) is 4.68 Å². The van der Waals surface area contributed by atoms with Crippen molar-refractivity contribution >= 4 is 11.7 Å². The van der Waals surface area contributed by atoms with Gasteiger partial charge in [-0.1, -0.05) is 6.42 Å². The monoisotopic (exact) mass is 316 g/mol. The molecule has 0 radical (unpaired) electrons. The normalized spacial score (nSPS) is 22.7. The Balaban J connectivity index is 1.59. The standard InChI is InChI=1S/C14H19F3N4O/c15-14(16,17)9-20-8-11(7-18-20)19-13(22)21-6-2-5-12(21)10-3-1-4-10/h7-8,10,12H,1-6,9H2,(H,19,22). The lowest BCUT2D eigenvalue weighted by atomic mass is 9.79. The van der Waals surface area contributed by atoms with E-state index >= 15 is 0 Å². The Morgan fingerprint density at radius 3 is 2.73 bits per heavy atom. The molecular weight excluding hydrogens is 297 g/mol. The molecule has 1 aliphatic heterocycles. The molecule has 0 spiro atoms. The first-order valence-electron chi connectivity index (χ1n) is 7.59. The average Bonchev–Trinajstić information content (AvgIpc) is 2.94. The van der Waals surface area contributed by atoms with Crippen molar-refractivity contribution in [1.29, 1.82) is 0 Å². The van der Waals surface area contributed by atoms with Crippen LogP contribution in [0.3, 0.4) is 0 Å². The summed E-state index contributed by atoms with van der Waals surface area (Å²) < 4.78 is 37.6. The molecule has 2 amide bonds. The zero-order valence-electron chi connectivity index (χ0n) is 12.1. The second kappa shape index (κ2) is 5.81. The number of hydrogen-bond donors (Lipinski definition) is 1. The Kier molecular flexibility index (Phi) is 4.01. The summed E-state index contributed by atoms with van der Waals surface area (Å²) in [5.74, 6) is 0.584. The number of nitrogens with zero attached hydrogens (tertiary/aromatic N) is 3. The molecule has 1 aliphatic carbocycles. The molecule has 1 aromatic heterocycles. The van der Waals surface area contributed by atoms with E-state index in [4.69, 9.17) is 0 Å². The molecule has 1 saturated heterocycles. The van der Waals surface area contributed by atoms with Crippen LogP contribution in [0.2, 0.25) is 0 Å². The van der Waals surface area contributed by atoms with Gasteiger partial charge in [-0.2, -0.15) is 18.3 Å². The molecule has 3 rings (SSSR count). The summed E-state index contributed by atoms with van der Waals surface area (Å²) in [5, 5.41) is 6.29. The Morgan fingerprint density at radius 1 is 1.32 bits per heavy atom. The summed E-state index contributed by atoms with van der Waals surface area (Å²) in [6.07, 6.45) is 3.69. The number of anilines is 1. The summed E-state index contributed by atoms with van der Waals surface area (Å²) in [7, 11) is 0. The van der Waals surface area contributed by atoms with E-state index in [0.717, 1.165) is 30.4 Å². The quantitative estimate of drug-likeness (QED) is 0.930. The fraction of sp³-hybridized carbons (Fsp3) is 0.714. The van der Waals surface area contributed by atoms with Crippen molar-refractivity contribution in [2.75, 3.05) is 11.9 Å². The van der Waals surface area contributed by atoms with E-state index in [0.29, 0.717) is 18.2 Å². The minimum atomic E-state index is -4.32. The maximum absolute atomic E-state index is 12.3. The van der Waals surface area contributed by atoms with Crippen molar-refractivity contribution in [3.05, 3.63) is 12.4 Å². The Hall–Kier alpha value is -1.73. The van der Waals surface area contributed by atoms with Crippen molar-refractivity contribution in [3.63, 3.8) is 0 Å². The van der Waals surface area contributed by atoms with Crippen LogP contribution in [0, 0.1) is 5.92 Å². The van der Waals surface area contributed by atoms with Crippen LogP contribution in [0.25, 0.3) is 0 Å². The third-order valence-corrected chi connectivity index (χ3v) is 4.48. The smallest absolute Gasteiger partial charge is 0.321 e. The van der Waals surface area contributed by atoms with Crippen LogP contribution in [0.1, 0.15) is 32.1 Å². The average molecular weight is 316 g/mol. The lowest BCUT2D eigenvalue weighted by Gasteiger charge is -2.36. The second-order valence-electron chi connectivity index (χ2n) is 6.07. The highest BCUT2D eigenvalue weighted by Gasteiger charge is 2.37. The Morgan fingerprint density at radius 2 is 2.09 bits per heavy atom. The minimum Gasteiger partial charge on any atom is -0.321 e. The molecular formula is C14H19F3N4O. The third-order valence-electron chi connectivity index (χ3n) is 4.48. The minimum absolute atomic E-state index is 0.235. The lowest BCUT2D eigenvalue weighted by molar-refractivity contribution is -0.142. The first-order chi connectivity index (χ1) is 10.4. The predicted molar refractivity (Wildman–Crippen MR) is 74.4 cm³/mol. The van der Waals surface area contributed by atoms with Crippen molar-refractivity contribution in [2.24, 2.45) is 5.92 Å². The van der Waals surface area contributed by atoms with E-state index in [1.807, 2.05) is 4.90 Å². The number of urea groups is 1. The van der Waals surface area contributed by atoms with Gasteiger partial charge in [-0.25, -0.2) is 4.79 Å². The van der Waals surface area contributed by atoms with Crippen LogP contribution in [-0.4, -0.2) is 39.5 Å². The molecule has 2 aliphatic rings. The molecule has 8 heteroatoms. The van der Waals surface area contributed by atoms with Gasteiger partial charge in [0.1, 0.15) is 6.54 Å². The molecule has 1 unspecified atom stereocenters. The van der Waals surface area contributed by atoms with Crippen molar-refractivity contribution < 1.29 is 18.0 Å². The van der Waals surface area contributed by atoms with Gasteiger partial charge in [-0.15, -0.1) is 0 Å². The van der Waals surface area contributed by atoms with Gasteiger partial charge < -0.3 is 10.2 Å². The van der Waals surface area contributed by atoms with Crippen LogP contribution in [0.5, 0.6) is 0 Å². The molecule has 1 saturated carbocycles. The van der Waals surface area contributed by atoms with E-state index in [9.17, 15) is 18.0 Å². The maximum Gasteiger partial charge on any atom is 0.408 e. The molecule has 5 nitrogen and oxygen atoms in total. The van der Waals surface area contributed by atoms with Gasteiger partial charge in [-0.05, 0) is 31.6 Å². The number of carbonyl (C=O) groups excluding carboxylic acids is 1. The predicted octanol–water partition coefficient (Wildman–Crippen LogP) is 3.24. The molecule has 22 heavy (non-hydrogen) atoms. The first-order valence-corrected chi connectivity index (χ1v) is 7.59. The highest BCUT2D eigenvalue weighted by Crippen LogP contribution is 2.37. The van der Waals surface area contributed by atoms with E-state index in [1.54, 1.807) is 0 Å². The number of hydrogen-bond acceptors (Lipinski definition) is 2. The van der Waals surface area contributed by atoms with Gasteiger partial charge in [0.2, 0.25) is 0 Å². The summed E-state index contributed by atoms with van der Waals surface area (Å²) in [6.45, 7) is -0.443. The van der Waals surface area contributed by atoms with Crippen molar-refractivity contribution in [1.82, 2.24) is 14.7 Å². The Bertz CT molecular complexity index is 538. The largest absolute Gasteiger partial charge is 0.408 e. The topological polar surface area (TPSA) is 50.2 Å². The number of carbonyl (C=O) groups is 1. The summed E-state index contributed by atoms with van der Waals surface area (Å²) in [6, 6.07) is 0.0416. The molecule has 122 valence electrons. The highest BCUT2D eigenvalue weighted by molar-refractivity contribution is 5.89.